The Morgan fingerprint density at radius 3 is 3.12 bits per heavy atom. The van der Waals surface area contributed by atoms with Gasteiger partial charge in [0.1, 0.15) is 5.01 Å². The molecule has 0 aromatic carbocycles. The lowest BCUT2D eigenvalue weighted by molar-refractivity contribution is -0.122. The Morgan fingerprint density at radius 2 is 2.53 bits per heavy atom. The third kappa shape index (κ3) is 3.26. The lowest BCUT2D eigenvalue weighted by Gasteiger charge is -2.09. The summed E-state index contributed by atoms with van der Waals surface area (Å²) < 4.78 is 0. The summed E-state index contributed by atoms with van der Waals surface area (Å²) in [4.78, 5) is 16.3. The summed E-state index contributed by atoms with van der Waals surface area (Å²) in [6, 6.07) is -0.000434. The predicted octanol–water partition coefficient (Wildman–Crippen LogP) is 1.63. The maximum Gasteiger partial charge on any atom is 0.237 e. The van der Waals surface area contributed by atoms with Gasteiger partial charge in [0.25, 0.3) is 0 Å². The van der Waals surface area contributed by atoms with E-state index in [9.17, 15) is 4.79 Å². The van der Waals surface area contributed by atoms with Crippen LogP contribution in [0, 0.1) is 0 Å². The van der Waals surface area contributed by atoms with E-state index in [1.807, 2.05) is 0 Å². The van der Waals surface area contributed by atoms with Crippen molar-refractivity contribution in [3.63, 3.8) is 0 Å². The molecule has 2 N–H and O–H groups in total. The number of thiazole rings is 1. The maximum atomic E-state index is 11.8. The number of nitrogens with zero attached hydrogens (tertiary/aromatic N) is 1. The highest BCUT2D eigenvalue weighted by Gasteiger charge is 2.21. The Kier molecular flexibility index (Phi) is 4.12. The minimum absolute atomic E-state index is 0.000434. The zero-order valence-corrected chi connectivity index (χ0v) is 11.1. The fourth-order valence-corrected chi connectivity index (χ4v) is 2.76. The highest BCUT2D eigenvalue weighted by atomic mass is 32.1. The molecule has 0 bridgehead atoms. The Hall–Kier alpha value is -0.940. The summed E-state index contributed by atoms with van der Waals surface area (Å²) in [5.41, 5.74) is 1.11. The third-order valence-corrected chi connectivity index (χ3v) is 3.82. The molecular formula is C12H19N3OS. The maximum absolute atomic E-state index is 11.8. The molecule has 1 saturated heterocycles. The Morgan fingerprint density at radius 1 is 1.71 bits per heavy atom. The number of nitrogens with one attached hydrogen (secondary N) is 2. The van der Waals surface area contributed by atoms with Crippen molar-refractivity contribution in [2.75, 3.05) is 6.54 Å². The molecule has 1 aliphatic rings. The van der Waals surface area contributed by atoms with Crippen molar-refractivity contribution in [3.8, 4) is 0 Å². The van der Waals surface area contributed by atoms with E-state index >= 15 is 0 Å². The van der Waals surface area contributed by atoms with Gasteiger partial charge in [-0.3, -0.25) is 4.79 Å². The number of hydrogen-bond donors (Lipinski definition) is 2. The number of aromatic nitrogens is 1. The molecule has 1 unspecified atom stereocenters. The average molecular weight is 253 g/mol. The van der Waals surface area contributed by atoms with Crippen LogP contribution in [-0.4, -0.2) is 23.5 Å². The molecule has 1 aromatic heterocycles. The topological polar surface area (TPSA) is 54.0 Å². The van der Waals surface area contributed by atoms with Crippen molar-refractivity contribution in [2.45, 2.75) is 45.2 Å². The molecule has 1 amide bonds. The summed E-state index contributed by atoms with van der Waals surface area (Å²) >= 11 is 1.62. The van der Waals surface area contributed by atoms with Gasteiger partial charge in [0.15, 0.2) is 0 Å². The normalized spacial score (nSPS) is 19.8. The standard InChI is InChI=1S/C12H19N3OS/c1-8(2)10-7-17-11(15-10)6-14-12(16)9-4-3-5-13-9/h7-9,13H,3-6H2,1-2H3,(H,14,16). The van der Waals surface area contributed by atoms with Gasteiger partial charge in [-0.1, -0.05) is 13.8 Å². The molecule has 17 heavy (non-hydrogen) atoms. The molecule has 1 atom stereocenters. The van der Waals surface area contributed by atoms with Gasteiger partial charge in [-0.25, -0.2) is 4.98 Å². The zero-order valence-electron chi connectivity index (χ0n) is 10.3. The predicted molar refractivity (Wildman–Crippen MR) is 69.1 cm³/mol. The molecule has 0 aliphatic carbocycles. The summed E-state index contributed by atoms with van der Waals surface area (Å²) in [5.74, 6) is 0.552. The number of amides is 1. The first-order valence-corrected chi connectivity index (χ1v) is 7.00. The van der Waals surface area contributed by atoms with Crippen molar-refractivity contribution >= 4 is 17.2 Å². The molecule has 1 aromatic rings. The van der Waals surface area contributed by atoms with E-state index in [1.54, 1.807) is 11.3 Å². The Bertz CT molecular complexity index is 383. The van der Waals surface area contributed by atoms with E-state index in [1.165, 1.54) is 0 Å². The van der Waals surface area contributed by atoms with E-state index in [4.69, 9.17) is 0 Å². The highest BCUT2D eigenvalue weighted by molar-refractivity contribution is 7.09. The van der Waals surface area contributed by atoms with Gasteiger partial charge in [-0.05, 0) is 25.3 Å². The number of carbonyl (C=O) groups is 1. The van der Waals surface area contributed by atoms with Crippen molar-refractivity contribution in [1.29, 1.82) is 0 Å². The van der Waals surface area contributed by atoms with Crippen LogP contribution in [0.15, 0.2) is 5.38 Å². The second kappa shape index (κ2) is 5.60. The van der Waals surface area contributed by atoms with E-state index in [-0.39, 0.29) is 11.9 Å². The van der Waals surface area contributed by atoms with E-state index in [0.29, 0.717) is 12.5 Å². The fraction of sp³-hybridized carbons (Fsp3) is 0.667. The van der Waals surface area contributed by atoms with Crippen LogP contribution in [0.25, 0.3) is 0 Å². The van der Waals surface area contributed by atoms with E-state index < -0.39 is 0 Å². The van der Waals surface area contributed by atoms with Gasteiger partial charge in [-0.15, -0.1) is 11.3 Å². The van der Waals surface area contributed by atoms with Crippen LogP contribution in [-0.2, 0) is 11.3 Å². The quantitative estimate of drug-likeness (QED) is 0.857. The first-order valence-electron chi connectivity index (χ1n) is 6.12. The Balaban J connectivity index is 1.82. The monoisotopic (exact) mass is 253 g/mol. The van der Waals surface area contributed by atoms with E-state index in [2.05, 4.69) is 34.8 Å². The molecule has 94 valence electrons. The van der Waals surface area contributed by atoms with Gasteiger partial charge in [0.05, 0.1) is 18.3 Å². The first kappa shape index (κ1) is 12.5. The molecule has 0 saturated carbocycles. The zero-order chi connectivity index (χ0) is 12.3. The van der Waals surface area contributed by atoms with Crippen LogP contribution in [0.5, 0.6) is 0 Å². The molecule has 2 heterocycles. The minimum atomic E-state index is -0.000434. The molecule has 2 rings (SSSR count). The molecular weight excluding hydrogens is 234 g/mol. The number of carbonyl (C=O) groups excluding carboxylic acids is 1. The summed E-state index contributed by atoms with van der Waals surface area (Å²) in [6.45, 7) is 5.75. The largest absolute Gasteiger partial charge is 0.348 e. The van der Waals surface area contributed by atoms with Crippen molar-refractivity contribution in [1.82, 2.24) is 15.6 Å². The molecule has 1 fully saturated rings. The van der Waals surface area contributed by atoms with Gasteiger partial charge < -0.3 is 10.6 Å². The molecule has 5 heteroatoms. The molecule has 1 aliphatic heterocycles. The smallest absolute Gasteiger partial charge is 0.237 e. The fourth-order valence-electron chi connectivity index (χ4n) is 1.87. The van der Waals surface area contributed by atoms with Crippen molar-refractivity contribution in [3.05, 3.63) is 16.1 Å². The SMILES string of the molecule is CC(C)c1csc(CNC(=O)C2CCCN2)n1. The van der Waals surface area contributed by atoms with E-state index in [0.717, 1.165) is 30.1 Å². The number of hydrogen-bond acceptors (Lipinski definition) is 4. The molecule has 4 nitrogen and oxygen atoms in total. The highest BCUT2D eigenvalue weighted by Crippen LogP contribution is 2.17. The lowest BCUT2D eigenvalue weighted by atomic mass is 10.2. The lowest BCUT2D eigenvalue weighted by Crippen LogP contribution is -2.39. The Labute approximate surface area is 106 Å². The van der Waals surface area contributed by atoms with Gasteiger partial charge >= 0.3 is 0 Å². The van der Waals surface area contributed by atoms with Crippen LogP contribution in [0.2, 0.25) is 0 Å². The van der Waals surface area contributed by atoms with Crippen LogP contribution < -0.4 is 10.6 Å². The minimum Gasteiger partial charge on any atom is -0.348 e. The second-order valence-electron chi connectivity index (χ2n) is 4.69. The van der Waals surface area contributed by atoms with Crippen LogP contribution in [0.1, 0.15) is 43.3 Å². The second-order valence-corrected chi connectivity index (χ2v) is 5.63. The third-order valence-electron chi connectivity index (χ3n) is 2.95. The van der Waals surface area contributed by atoms with Crippen molar-refractivity contribution in [2.24, 2.45) is 0 Å². The number of rotatable bonds is 4. The van der Waals surface area contributed by atoms with Crippen LogP contribution in [0.4, 0.5) is 0 Å². The van der Waals surface area contributed by atoms with Crippen molar-refractivity contribution < 1.29 is 4.79 Å². The van der Waals surface area contributed by atoms with Crippen LogP contribution in [0.3, 0.4) is 0 Å². The molecule has 0 spiro atoms. The summed E-state index contributed by atoms with van der Waals surface area (Å²) in [7, 11) is 0. The van der Waals surface area contributed by atoms with Crippen LogP contribution >= 0.6 is 11.3 Å². The summed E-state index contributed by atoms with van der Waals surface area (Å²) in [6.07, 6.45) is 2.04. The summed E-state index contributed by atoms with van der Waals surface area (Å²) in [5, 5.41) is 9.18. The van der Waals surface area contributed by atoms with Gasteiger partial charge in [0, 0.05) is 5.38 Å². The van der Waals surface area contributed by atoms with Gasteiger partial charge in [0.2, 0.25) is 5.91 Å². The first-order chi connectivity index (χ1) is 8.16. The molecule has 0 radical (unpaired) electrons. The van der Waals surface area contributed by atoms with Gasteiger partial charge in [-0.2, -0.15) is 0 Å². The average Bonchev–Trinajstić information content (AvgIpc) is 2.97.